The zero-order valence-corrected chi connectivity index (χ0v) is 11.5. The van der Waals surface area contributed by atoms with Crippen molar-refractivity contribution in [2.45, 2.75) is 38.1 Å². The summed E-state index contributed by atoms with van der Waals surface area (Å²) in [6, 6.07) is 6.16. The number of hydrogen-bond acceptors (Lipinski definition) is 2. The fraction of sp³-hybridized carbons (Fsp3) is 0.500. The second kappa shape index (κ2) is 5.61. The van der Waals surface area contributed by atoms with E-state index in [4.69, 9.17) is 22.7 Å². The van der Waals surface area contributed by atoms with Gasteiger partial charge in [0.1, 0.15) is 5.84 Å². The van der Waals surface area contributed by atoms with Gasteiger partial charge < -0.3 is 10.6 Å². The molecule has 0 unspecified atom stereocenters. The first kappa shape index (κ1) is 13.2. The minimum Gasteiger partial charge on any atom is -0.384 e. The highest BCUT2D eigenvalue weighted by Gasteiger charge is 2.20. The summed E-state index contributed by atoms with van der Waals surface area (Å²) >= 11 is 5.98. The number of hydrogen-bond donors (Lipinski definition) is 2. The molecule has 1 aliphatic carbocycles. The predicted octanol–water partition coefficient (Wildman–Crippen LogP) is 3.39. The average molecular weight is 266 g/mol. The van der Waals surface area contributed by atoms with Crippen LogP contribution in [0.1, 0.15) is 37.7 Å². The summed E-state index contributed by atoms with van der Waals surface area (Å²) in [5.41, 5.74) is 7.39. The lowest BCUT2D eigenvalue weighted by molar-refractivity contribution is 0.427. The van der Waals surface area contributed by atoms with E-state index in [-0.39, 0.29) is 5.84 Å². The largest absolute Gasteiger partial charge is 0.384 e. The summed E-state index contributed by atoms with van der Waals surface area (Å²) in [5.74, 6) is 0.0789. The van der Waals surface area contributed by atoms with Crippen LogP contribution in [0.5, 0.6) is 0 Å². The Morgan fingerprint density at radius 1 is 1.33 bits per heavy atom. The van der Waals surface area contributed by atoms with Gasteiger partial charge in [-0.15, -0.1) is 0 Å². The van der Waals surface area contributed by atoms with Crippen molar-refractivity contribution in [3.8, 4) is 0 Å². The van der Waals surface area contributed by atoms with Crippen LogP contribution >= 0.6 is 11.6 Å². The third kappa shape index (κ3) is 2.78. The monoisotopic (exact) mass is 265 g/mol. The van der Waals surface area contributed by atoms with Gasteiger partial charge in [0.05, 0.1) is 0 Å². The van der Waals surface area contributed by atoms with Crippen LogP contribution in [0.3, 0.4) is 0 Å². The van der Waals surface area contributed by atoms with Gasteiger partial charge in [-0.05, 0) is 31.0 Å². The number of nitrogens with one attached hydrogen (secondary N) is 1. The van der Waals surface area contributed by atoms with Crippen molar-refractivity contribution in [3.63, 3.8) is 0 Å². The van der Waals surface area contributed by atoms with Gasteiger partial charge in [0, 0.05) is 29.4 Å². The Morgan fingerprint density at radius 3 is 2.61 bits per heavy atom. The zero-order chi connectivity index (χ0) is 13.1. The number of nitrogens with two attached hydrogens (primary N) is 1. The zero-order valence-electron chi connectivity index (χ0n) is 10.7. The van der Waals surface area contributed by atoms with Crippen LogP contribution < -0.4 is 10.6 Å². The maximum atomic E-state index is 7.67. The molecule has 0 radical (unpaired) electrons. The molecule has 1 aliphatic rings. The van der Waals surface area contributed by atoms with E-state index in [2.05, 4.69) is 11.9 Å². The number of nitrogens with zero attached hydrogens (tertiary/aromatic N) is 1. The predicted molar refractivity (Wildman–Crippen MR) is 77.7 cm³/mol. The normalized spacial score (nSPS) is 16.6. The molecule has 1 aromatic rings. The molecule has 4 heteroatoms. The van der Waals surface area contributed by atoms with Gasteiger partial charge in [-0.25, -0.2) is 0 Å². The lowest BCUT2D eigenvalue weighted by atomic mass is 9.93. The molecule has 3 N–H and O–H groups in total. The number of nitrogen functional groups attached to an aromatic ring is 1. The van der Waals surface area contributed by atoms with Crippen LogP contribution in [0.25, 0.3) is 0 Å². The SMILES string of the molecule is CN(c1ccc(Cl)cc1C(=N)N)C1CCCCC1. The molecule has 1 saturated carbocycles. The molecular formula is C14H20ClN3. The summed E-state index contributed by atoms with van der Waals surface area (Å²) in [6.07, 6.45) is 6.35. The van der Waals surface area contributed by atoms with Crippen LogP contribution in [0.15, 0.2) is 18.2 Å². The second-order valence-electron chi connectivity index (χ2n) is 4.98. The van der Waals surface area contributed by atoms with E-state index in [0.29, 0.717) is 11.1 Å². The van der Waals surface area contributed by atoms with E-state index in [1.807, 2.05) is 12.1 Å². The maximum absolute atomic E-state index is 7.67. The quantitative estimate of drug-likeness (QED) is 0.650. The number of rotatable bonds is 3. The van der Waals surface area contributed by atoms with E-state index in [1.165, 1.54) is 32.1 Å². The second-order valence-corrected chi connectivity index (χ2v) is 5.41. The number of amidine groups is 1. The standard InChI is InChI=1S/C14H20ClN3/c1-18(11-5-3-2-4-6-11)13-8-7-10(15)9-12(13)14(16)17/h7-9,11H,2-6H2,1H3,(H3,16,17). The highest BCUT2D eigenvalue weighted by atomic mass is 35.5. The van der Waals surface area contributed by atoms with E-state index in [1.54, 1.807) is 6.07 Å². The molecule has 3 nitrogen and oxygen atoms in total. The van der Waals surface area contributed by atoms with Crippen molar-refractivity contribution in [2.24, 2.45) is 5.73 Å². The Morgan fingerprint density at radius 2 is 2.00 bits per heavy atom. The topological polar surface area (TPSA) is 53.1 Å². The van der Waals surface area contributed by atoms with Crippen molar-refractivity contribution >= 4 is 23.1 Å². The van der Waals surface area contributed by atoms with Crippen LogP contribution in [-0.4, -0.2) is 18.9 Å². The third-order valence-corrected chi connectivity index (χ3v) is 3.99. The fourth-order valence-electron chi connectivity index (χ4n) is 2.70. The van der Waals surface area contributed by atoms with Gasteiger partial charge in [0.15, 0.2) is 0 Å². The molecule has 0 heterocycles. The highest BCUT2D eigenvalue weighted by molar-refractivity contribution is 6.31. The number of benzene rings is 1. The molecule has 0 spiro atoms. The molecule has 0 aliphatic heterocycles. The van der Waals surface area contributed by atoms with Gasteiger partial charge in [-0.3, -0.25) is 5.41 Å². The average Bonchev–Trinajstić information content (AvgIpc) is 2.39. The molecule has 0 atom stereocenters. The molecule has 1 aromatic carbocycles. The van der Waals surface area contributed by atoms with Crippen LogP contribution in [-0.2, 0) is 0 Å². The van der Waals surface area contributed by atoms with E-state index >= 15 is 0 Å². The maximum Gasteiger partial charge on any atom is 0.124 e. The van der Waals surface area contributed by atoms with Crippen molar-refractivity contribution in [3.05, 3.63) is 28.8 Å². The highest BCUT2D eigenvalue weighted by Crippen LogP contribution is 2.29. The lowest BCUT2D eigenvalue weighted by Gasteiger charge is -2.34. The summed E-state index contributed by atoms with van der Waals surface area (Å²) in [7, 11) is 2.09. The minimum absolute atomic E-state index is 0.0789. The summed E-state index contributed by atoms with van der Waals surface area (Å²) in [6.45, 7) is 0. The van der Waals surface area contributed by atoms with Gasteiger partial charge in [0.25, 0.3) is 0 Å². The molecule has 0 saturated heterocycles. The Balaban J connectivity index is 2.28. The molecule has 98 valence electrons. The first-order valence-corrected chi connectivity index (χ1v) is 6.84. The van der Waals surface area contributed by atoms with Crippen LogP contribution in [0.4, 0.5) is 5.69 Å². The smallest absolute Gasteiger partial charge is 0.124 e. The Labute approximate surface area is 113 Å². The summed E-state index contributed by atoms with van der Waals surface area (Å²) in [4.78, 5) is 2.26. The number of halogens is 1. The molecule has 18 heavy (non-hydrogen) atoms. The van der Waals surface area contributed by atoms with Crippen molar-refractivity contribution in [1.29, 1.82) is 5.41 Å². The van der Waals surface area contributed by atoms with Gasteiger partial charge >= 0.3 is 0 Å². The molecule has 1 fully saturated rings. The lowest BCUT2D eigenvalue weighted by Crippen LogP contribution is -2.34. The third-order valence-electron chi connectivity index (χ3n) is 3.75. The first-order chi connectivity index (χ1) is 8.59. The summed E-state index contributed by atoms with van der Waals surface area (Å²) < 4.78 is 0. The van der Waals surface area contributed by atoms with Gasteiger partial charge in [0.2, 0.25) is 0 Å². The van der Waals surface area contributed by atoms with E-state index in [0.717, 1.165) is 11.3 Å². The first-order valence-electron chi connectivity index (χ1n) is 6.46. The van der Waals surface area contributed by atoms with Crippen molar-refractivity contribution in [1.82, 2.24) is 0 Å². The Hall–Kier alpha value is -1.22. The molecule has 2 rings (SSSR count). The molecule has 0 aromatic heterocycles. The molecule has 0 bridgehead atoms. The van der Waals surface area contributed by atoms with Crippen LogP contribution in [0.2, 0.25) is 5.02 Å². The van der Waals surface area contributed by atoms with E-state index in [9.17, 15) is 0 Å². The molecule has 0 amide bonds. The fourth-order valence-corrected chi connectivity index (χ4v) is 2.87. The molecular weight excluding hydrogens is 246 g/mol. The Kier molecular flexibility index (Phi) is 4.12. The Bertz CT molecular complexity index is 439. The number of anilines is 1. The van der Waals surface area contributed by atoms with Crippen LogP contribution in [0, 0.1) is 5.41 Å². The van der Waals surface area contributed by atoms with Crippen molar-refractivity contribution in [2.75, 3.05) is 11.9 Å². The minimum atomic E-state index is 0.0789. The van der Waals surface area contributed by atoms with E-state index < -0.39 is 0 Å². The van der Waals surface area contributed by atoms with Gasteiger partial charge in [-0.1, -0.05) is 30.9 Å². The summed E-state index contributed by atoms with van der Waals surface area (Å²) in [5, 5.41) is 8.30. The van der Waals surface area contributed by atoms with Gasteiger partial charge in [-0.2, -0.15) is 0 Å². The van der Waals surface area contributed by atoms with Crippen molar-refractivity contribution < 1.29 is 0 Å².